The van der Waals surface area contributed by atoms with Crippen LogP contribution in [0.25, 0.3) is 5.65 Å². The van der Waals surface area contributed by atoms with Crippen LogP contribution in [0.15, 0.2) is 41.1 Å². The van der Waals surface area contributed by atoms with Crippen molar-refractivity contribution in [3.8, 4) is 5.75 Å². The second-order valence-corrected chi connectivity index (χ2v) is 6.53. The molecular formula is C17H15BrN4O2. The van der Waals surface area contributed by atoms with Crippen molar-refractivity contribution in [2.75, 3.05) is 4.90 Å². The molecule has 0 saturated heterocycles. The highest BCUT2D eigenvalue weighted by atomic mass is 79.9. The summed E-state index contributed by atoms with van der Waals surface area (Å²) in [6.07, 6.45) is 1.41. The van der Waals surface area contributed by atoms with Gasteiger partial charge in [0.2, 0.25) is 0 Å². The number of aromatic nitrogens is 3. The molecule has 6 nitrogen and oxygen atoms in total. The summed E-state index contributed by atoms with van der Waals surface area (Å²) >= 11 is 3.36. The maximum atomic E-state index is 12.7. The number of amides is 1. The monoisotopic (exact) mass is 386 g/mol. The van der Waals surface area contributed by atoms with Crippen LogP contribution >= 0.6 is 15.9 Å². The van der Waals surface area contributed by atoms with Crippen molar-refractivity contribution in [3.05, 3.63) is 52.5 Å². The lowest BCUT2D eigenvalue weighted by molar-refractivity contribution is -0.125. The third-order valence-corrected chi connectivity index (χ3v) is 4.56. The molecule has 1 amide bonds. The Balaban J connectivity index is 1.82. The molecule has 1 atom stereocenters. The van der Waals surface area contributed by atoms with E-state index in [2.05, 4.69) is 25.9 Å². The van der Waals surface area contributed by atoms with E-state index in [1.807, 2.05) is 41.8 Å². The van der Waals surface area contributed by atoms with Crippen molar-refractivity contribution in [2.24, 2.45) is 0 Å². The van der Waals surface area contributed by atoms with Gasteiger partial charge in [0.05, 0.1) is 17.9 Å². The molecule has 0 fully saturated rings. The van der Waals surface area contributed by atoms with E-state index in [-0.39, 0.29) is 5.91 Å². The first-order valence-corrected chi connectivity index (χ1v) is 8.41. The predicted molar refractivity (Wildman–Crippen MR) is 93.1 cm³/mol. The topological polar surface area (TPSA) is 59.7 Å². The van der Waals surface area contributed by atoms with Gasteiger partial charge in [-0.15, -0.1) is 0 Å². The van der Waals surface area contributed by atoms with Crippen LogP contribution in [0.4, 0.5) is 5.82 Å². The number of fused-ring (bicyclic) bond motifs is 2. The summed E-state index contributed by atoms with van der Waals surface area (Å²) < 4.78 is 8.33. The minimum Gasteiger partial charge on any atom is -0.477 e. The van der Waals surface area contributed by atoms with Crippen molar-refractivity contribution in [1.82, 2.24) is 14.4 Å². The Morgan fingerprint density at radius 3 is 2.92 bits per heavy atom. The van der Waals surface area contributed by atoms with E-state index in [1.54, 1.807) is 17.9 Å². The summed E-state index contributed by atoms with van der Waals surface area (Å²) in [5.74, 6) is 1.02. The Morgan fingerprint density at radius 2 is 2.08 bits per heavy atom. The maximum absolute atomic E-state index is 12.7. The van der Waals surface area contributed by atoms with Gasteiger partial charge in [-0.1, -0.05) is 6.07 Å². The molecule has 1 aliphatic rings. The van der Waals surface area contributed by atoms with Crippen molar-refractivity contribution in [3.63, 3.8) is 0 Å². The van der Waals surface area contributed by atoms with E-state index in [1.165, 1.54) is 0 Å². The van der Waals surface area contributed by atoms with Crippen LogP contribution in [0.3, 0.4) is 0 Å². The van der Waals surface area contributed by atoms with E-state index >= 15 is 0 Å². The molecule has 1 aliphatic heterocycles. The number of anilines is 1. The molecule has 4 rings (SSSR count). The lowest BCUT2D eigenvalue weighted by Gasteiger charge is -2.32. The SMILES string of the molecule is Cc1nc2ccccn2c1CN1C(=O)C(C)Oc2ccc(Br)nc21. The summed E-state index contributed by atoms with van der Waals surface area (Å²) in [6.45, 7) is 4.09. The molecule has 0 radical (unpaired) electrons. The molecule has 0 spiro atoms. The average molecular weight is 387 g/mol. The number of imidazole rings is 1. The van der Waals surface area contributed by atoms with Crippen LogP contribution in [-0.2, 0) is 11.3 Å². The number of hydrogen-bond donors (Lipinski definition) is 0. The van der Waals surface area contributed by atoms with Crippen molar-refractivity contribution < 1.29 is 9.53 Å². The summed E-state index contributed by atoms with van der Waals surface area (Å²) in [5, 5.41) is 0. The highest BCUT2D eigenvalue weighted by molar-refractivity contribution is 9.10. The first-order valence-electron chi connectivity index (χ1n) is 7.62. The number of carbonyl (C=O) groups excluding carboxylic acids is 1. The largest absolute Gasteiger partial charge is 0.477 e. The molecule has 0 bridgehead atoms. The Bertz CT molecular complexity index is 953. The molecule has 3 aromatic heterocycles. The van der Waals surface area contributed by atoms with Crippen LogP contribution in [-0.4, -0.2) is 26.4 Å². The number of aryl methyl sites for hydroxylation is 1. The Kier molecular flexibility index (Phi) is 3.53. The van der Waals surface area contributed by atoms with Gasteiger partial charge in [0.25, 0.3) is 5.91 Å². The zero-order chi connectivity index (χ0) is 16.8. The van der Waals surface area contributed by atoms with Gasteiger partial charge in [-0.25, -0.2) is 9.97 Å². The third-order valence-electron chi connectivity index (χ3n) is 4.12. The van der Waals surface area contributed by atoms with E-state index in [4.69, 9.17) is 4.74 Å². The number of pyridine rings is 2. The fourth-order valence-electron chi connectivity index (χ4n) is 2.92. The van der Waals surface area contributed by atoms with Crippen LogP contribution in [0.5, 0.6) is 5.75 Å². The Morgan fingerprint density at radius 1 is 1.25 bits per heavy atom. The fourth-order valence-corrected chi connectivity index (χ4v) is 3.22. The molecule has 24 heavy (non-hydrogen) atoms. The molecule has 0 aromatic carbocycles. The molecule has 0 aliphatic carbocycles. The minimum absolute atomic E-state index is 0.113. The van der Waals surface area contributed by atoms with Gasteiger partial charge in [-0.2, -0.15) is 0 Å². The van der Waals surface area contributed by atoms with E-state index in [0.717, 1.165) is 17.0 Å². The number of rotatable bonds is 2. The molecule has 1 unspecified atom stereocenters. The number of nitrogens with zero attached hydrogens (tertiary/aromatic N) is 4. The Hall–Kier alpha value is -2.41. The molecule has 3 aromatic rings. The van der Waals surface area contributed by atoms with Crippen molar-refractivity contribution in [1.29, 1.82) is 0 Å². The lowest BCUT2D eigenvalue weighted by Crippen LogP contribution is -2.44. The van der Waals surface area contributed by atoms with Crippen molar-refractivity contribution >= 4 is 33.3 Å². The molecular weight excluding hydrogens is 372 g/mol. The van der Waals surface area contributed by atoms with Crippen LogP contribution in [0, 0.1) is 6.92 Å². The van der Waals surface area contributed by atoms with Crippen LogP contribution in [0.1, 0.15) is 18.3 Å². The number of ether oxygens (including phenoxy) is 1. The highest BCUT2D eigenvalue weighted by Gasteiger charge is 2.33. The van der Waals surface area contributed by atoms with Gasteiger partial charge in [-0.05, 0) is 54.0 Å². The molecule has 7 heteroatoms. The van der Waals surface area contributed by atoms with Crippen molar-refractivity contribution in [2.45, 2.75) is 26.5 Å². The minimum atomic E-state index is -0.542. The first-order chi connectivity index (χ1) is 11.5. The van der Waals surface area contributed by atoms with Gasteiger partial charge >= 0.3 is 0 Å². The fraction of sp³-hybridized carbons (Fsp3) is 0.235. The smallest absolute Gasteiger partial charge is 0.269 e. The standard InChI is InChI=1S/C17H15BrN4O2/c1-10-12(21-8-4-3-5-15(21)19-10)9-22-16-13(6-7-14(18)20-16)24-11(2)17(22)23/h3-8,11H,9H2,1-2H3. The lowest BCUT2D eigenvalue weighted by atomic mass is 10.2. The second-order valence-electron chi connectivity index (χ2n) is 5.71. The zero-order valence-electron chi connectivity index (χ0n) is 13.2. The van der Waals surface area contributed by atoms with Crippen LogP contribution < -0.4 is 9.64 Å². The maximum Gasteiger partial charge on any atom is 0.269 e. The highest BCUT2D eigenvalue weighted by Crippen LogP contribution is 2.34. The van der Waals surface area contributed by atoms with Gasteiger partial charge in [0, 0.05) is 6.20 Å². The number of halogens is 1. The summed E-state index contributed by atoms with van der Waals surface area (Å²) in [5.41, 5.74) is 2.71. The zero-order valence-corrected chi connectivity index (χ0v) is 14.8. The van der Waals surface area contributed by atoms with Crippen LogP contribution in [0.2, 0.25) is 0 Å². The van der Waals surface area contributed by atoms with Gasteiger partial charge < -0.3 is 9.14 Å². The van der Waals surface area contributed by atoms with Gasteiger partial charge in [0.15, 0.2) is 17.7 Å². The third kappa shape index (κ3) is 2.36. The normalized spacial score (nSPS) is 17.0. The summed E-state index contributed by atoms with van der Waals surface area (Å²) in [7, 11) is 0. The van der Waals surface area contributed by atoms with E-state index < -0.39 is 6.10 Å². The Labute approximate surface area is 147 Å². The number of hydrogen-bond acceptors (Lipinski definition) is 4. The van der Waals surface area contributed by atoms with E-state index in [0.29, 0.717) is 22.7 Å². The molecule has 122 valence electrons. The summed E-state index contributed by atoms with van der Waals surface area (Å²) in [4.78, 5) is 23.4. The van der Waals surface area contributed by atoms with E-state index in [9.17, 15) is 4.79 Å². The van der Waals surface area contributed by atoms with Gasteiger partial charge in [-0.3, -0.25) is 9.69 Å². The first kappa shape index (κ1) is 15.1. The van der Waals surface area contributed by atoms with Gasteiger partial charge in [0.1, 0.15) is 10.3 Å². The quantitative estimate of drug-likeness (QED) is 0.634. The average Bonchev–Trinajstić information content (AvgIpc) is 2.88. The number of carbonyl (C=O) groups is 1. The predicted octanol–water partition coefficient (Wildman–Crippen LogP) is 3.11. The molecule has 0 saturated carbocycles. The summed E-state index contributed by atoms with van der Waals surface area (Å²) in [6, 6.07) is 9.47. The molecule has 4 heterocycles. The second kappa shape index (κ2) is 5.59. The molecule has 0 N–H and O–H groups in total.